The lowest BCUT2D eigenvalue weighted by Gasteiger charge is -2.06. The molecule has 0 aliphatic heterocycles. The molecule has 1 amide bonds. The van der Waals surface area contributed by atoms with Crippen molar-refractivity contribution < 1.29 is 4.79 Å². The van der Waals surface area contributed by atoms with Gasteiger partial charge in [-0.2, -0.15) is 0 Å². The molecule has 0 spiro atoms. The van der Waals surface area contributed by atoms with Gasteiger partial charge in [0, 0.05) is 17.8 Å². The third-order valence-electron chi connectivity index (χ3n) is 3.48. The van der Waals surface area contributed by atoms with Gasteiger partial charge in [0.2, 0.25) is 0 Å². The van der Waals surface area contributed by atoms with Crippen LogP contribution in [0.15, 0.2) is 60.6 Å². The zero-order chi connectivity index (χ0) is 17.9. The SMILES string of the molecule is O=C(Nc1nc(-c2ccc(Cl)cn2)cs1)c1cncn1-c1ccccn1. The monoisotopic (exact) mass is 382 g/mol. The smallest absolute Gasteiger partial charge is 0.276 e. The number of hydrogen-bond donors (Lipinski definition) is 1. The van der Waals surface area contributed by atoms with Crippen molar-refractivity contribution in [3.8, 4) is 17.2 Å². The zero-order valence-corrected chi connectivity index (χ0v) is 14.8. The molecule has 4 aromatic rings. The van der Waals surface area contributed by atoms with Gasteiger partial charge in [-0.15, -0.1) is 11.3 Å². The summed E-state index contributed by atoms with van der Waals surface area (Å²) in [7, 11) is 0. The molecule has 0 bridgehead atoms. The molecule has 0 aromatic carbocycles. The molecule has 7 nitrogen and oxygen atoms in total. The molecular weight excluding hydrogens is 372 g/mol. The second-order valence-corrected chi connectivity index (χ2v) is 6.49. The first-order chi connectivity index (χ1) is 12.7. The van der Waals surface area contributed by atoms with E-state index in [1.165, 1.54) is 17.5 Å². The minimum absolute atomic E-state index is 0.321. The molecule has 4 heterocycles. The van der Waals surface area contributed by atoms with Crippen molar-refractivity contribution in [2.75, 3.05) is 5.32 Å². The van der Waals surface area contributed by atoms with E-state index in [1.807, 2.05) is 17.5 Å². The van der Waals surface area contributed by atoms with Gasteiger partial charge < -0.3 is 0 Å². The standard InChI is InChI=1S/C17H11ClN6OS/c18-11-4-5-12(21-7-11)13-9-26-17(22-13)23-16(25)14-8-19-10-24(14)15-3-1-2-6-20-15/h1-10H,(H,22,23,25). The van der Waals surface area contributed by atoms with Crippen molar-refractivity contribution in [2.24, 2.45) is 0 Å². The summed E-state index contributed by atoms with van der Waals surface area (Å²) in [6.07, 6.45) is 6.24. The molecule has 9 heteroatoms. The highest BCUT2D eigenvalue weighted by Crippen LogP contribution is 2.24. The number of carbonyl (C=O) groups is 1. The van der Waals surface area contributed by atoms with Gasteiger partial charge in [0.05, 0.1) is 16.9 Å². The summed E-state index contributed by atoms with van der Waals surface area (Å²) < 4.78 is 1.62. The Balaban J connectivity index is 1.55. The van der Waals surface area contributed by atoms with Gasteiger partial charge in [-0.3, -0.25) is 19.7 Å². The van der Waals surface area contributed by atoms with Crippen molar-refractivity contribution in [1.82, 2.24) is 24.5 Å². The summed E-state index contributed by atoms with van der Waals surface area (Å²) in [5.74, 6) is 0.290. The maximum absolute atomic E-state index is 12.6. The van der Waals surface area contributed by atoms with Crippen LogP contribution < -0.4 is 5.32 Å². The molecule has 0 aliphatic rings. The molecule has 0 saturated carbocycles. The number of anilines is 1. The summed E-state index contributed by atoms with van der Waals surface area (Å²) in [4.78, 5) is 29.5. The number of amides is 1. The molecule has 0 radical (unpaired) electrons. The Morgan fingerprint density at radius 3 is 2.81 bits per heavy atom. The topological polar surface area (TPSA) is 85.6 Å². The quantitative estimate of drug-likeness (QED) is 0.581. The number of imidazole rings is 1. The van der Waals surface area contributed by atoms with E-state index in [1.54, 1.807) is 41.5 Å². The average Bonchev–Trinajstić information content (AvgIpc) is 3.32. The number of carbonyl (C=O) groups excluding carboxylic acids is 1. The number of hydrogen-bond acceptors (Lipinski definition) is 6. The Morgan fingerprint density at radius 1 is 1.12 bits per heavy atom. The van der Waals surface area contributed by atoms with Gasteiger partial charge in [0.15, 0.2) is 5.13 Å². The highest BCUT2D eigenvalue weighted by molar-refractivity contribution is 7.14. The zero-order valence-electron chi connectivity index (χ0n) is 13.2. The van der Waals surface area contributed by atoms with Crippen LogP contribution in [0.5, 0.6) is 0 Å². The maximum Gasteiger partial charge on any atom is 0.276 e. The highest BCUT2D eigenvalue weighted by Gasteiger charge is 2.16. The summed E-state index contributed by atoms with van der Waals surface area (Å²) in [5, 5.41) is 5.63. The van der Waals surface area contributed by atoms with Crippen molar-refractivity contribution in [1.29, 1.82) is 0 Å². The van der Waals surface area contributed by atoms with Crippen molar-refractivity contribution in [3.05, 3.63) is 71.3 Å². The molecule has 0 atom stereocenters. The van der Waals surface area contributed by atoms with Crippen LogP contribution in [0.3, 0.4) is 0 Å². The third kappa shape index (κ3) is 3.32. The third-order valence-corrected chi connectivity index (χ3v) is 4.46. The molecule has 0 fully saturated rings. The van der Waals surface area contributed by atoms with Crippen LogP contribution in [0.25, 0.3) is 17.2 Å². The van der Waals surface area contributed by atoms with E-state index in [2.05, 4.69) is 25.3 Å². The molecule has 0 unspecified atom stereocenters. The minimum atomic E-state index is -0.321. The molecule has 0 saturated heterocycles. The molecule has 4 rings (SSSR count). The highest BCUT2D eigenvalue weighted by atomic mass is 35.5. The molecule has 0 aliphatic carbocycles. The van der Waals surface area contributed by atoms with E-state index in [4.69, 9.17) is 11.6 Å². The second-order valence-electron chi connectivity index (χ2n) is 5.19. The summed E-state index contributed by atoms with van der Waals surface area (Å²) in [5.41, 5.74) is 1.72. The fourth-order valence-electron chi connectivity index (χ4n) is 2.28. The number of nitrogens with one attached hydrogen (secondary N) is 1. The van der Waals surface area contributed by atoms with E-state index in [0.29, 0.717) is 33.1 Å². The Morgan fingerprint density at radius 2 is 2.04 bits per heavy atom. The second kappa shape index (κ2) is 7.03. The Labute approximate surface area is 157 Å². The van der Waals surface area contributed by atoms with E-state index >= 15 is 0 Å². The van der Waals surface area contributed by atoms with Gasteiger partial charge in [-0.25, -0.2) is 15.0 Å². The minimum Gasteiger partial charge on any atom is -0.296 e. The van der Waals surface area contributed by atoms with Crippen LogP contribution in [-0.2, 0) is 0 Å². The summed E-state index contributed by atoms with van der Waals surface area (Å²) in [6.45, 7) is 0. The summed E-state index contributed by atoms with van der Waals surface area (Å²) in [6, 6.07) is 8.97. The first-order valence-electron chi connectivity index (χ1n) is 7.53. The van der Waals surface area contributed by atoms with Crippen molar-refractivity contribution in [3.63, 3.8) is 0 Å². The number of aromatic nitrogens is 5. The first kappa shape index (κ1) is 16.4. The fraction of sp³-hybridized carbons (Fsp3) is 0. The fourth-order valence-corrected chi connectivity index (χ4v) is 3.09. The molecular formula is C17H11ClN6OS. The van der Waals surface area contributed by atoms with E-state index < -0.39 is 0 Å². The van der Waals surface area contributed by atoms with Gasteiger partial charge in [-0.1, -0.05) is 17.7 Å². The largest absolute Gasteiger partial charge is 0.296 e. The van der Waals surface area contributed by atoms with Crippen LogP contribution in [0.1, 0.15) is 10.5 Å². The number of thiazole rings is 1. The van der Waals surface area contributed by atoms with Crippen LogP contribution in [0.4, 0.5) is 5.13 Å². The van der Waals surface area contributed by atoms with Crippen molar-refractivity contribution in [2.45, 2.75) is 0 Å². The Hall–Kier alpha value is -3.10. The predicted octanol–water partition coefficient (Wildman–Crippen LogP) is 3.69. The lowest BCUT2D eigenvalue weighted by molar-refractivity contribution is 0.102. The molecule has 4 aromatic heterocycles. The first-order valence-corrected chi connectivity index (χ1v) is 8.79. The van der Waals surface area contributed by atoms with E-state index in [-0.39, 0.29) is 5.91 Å². The number of halogens is 1. The average molecular weight is 383 g/mol. The lowest BCUT2D eigenvalue weighted by atomic mass is 10.3. The molecule has 1 N–H and O–H groups in total. The van der Waals surface area contributed by atoms with Crippen molar-refractivity contribution >= 4 is 34.0 Å². The van der Waals surface area contributed by atoms with E-state index in [9.17, 15) is 4.79 Å². The van der Waals surface area contributed by atoms with Gasteiger partial charge in [0.1, 0.15) is 23.5 Å². The van der Waals surface area contributed by atoms with Crippen LogP contribution in [0.2, 0.25) is 5.02 Å². The summed E-state index contributed by atoms with van der Waals surface area (Å²) >= 11 is 7.16. The molecule has 128 valence electrons. The number of pyridine rings is 2. The number of nitrogens with zero attached hydrogens (tertiary/aromatic N) is 5. The number of rotatable bonds is 4. The van der Waals surface area contributed by atoms with Crippen LogP contribution >= 0.6 is 22.9 Å². The lowest BCUT2D eigenvalue weighted by Crippen LogP contribution is -2.16. The van der Waals surface area contributed by atoms with Crippen LogP contribution in [0, 0.1) is 0 Å². The Kier molecular flexibility index (Phi) is 4.42. The maximum atomic E-state index is 12.6. The van der Waals surface area contributed by atoms with Gasteiger partial charge in [0.25, 0.3) is 5.91 Å². The Bertz CT molecular complexity index is 1040. The van der Waals surface area contributed by atoms with Gasteiger partial charge >= 0.3 is 0 Å². The predicted molar refractivity (Wildman–Crippen MR) is 99.7 cm³/mol. The normalized spacial score (nSPS) is 10.7. The van der Waals surface area contributed by atoms with Crippen LogP contribution in [-0.4, -0.2) is 30.4 Å². The van der Waals surface area contributed by atoms with E-state index in [0.717, 1.165) is 0 Å². The molecule has 26 heavy (non-hydrogen) atoms. The van der Waals surface area contributed by atoms with Gasteiger partial charge in [-0.05, 0) is 24.3 Å².